The second kappa shape index (κ2) is 6.34. The smallest absolute Gasteiger partial charge is 1.00 e. The van der Waals surface area contributed by atoms with Crippen LogP contribution in [0.1, 0.15) is 11.1 Å². The molecule has 0 aliphatic carbocycles. The van der Waals surface area contributed by atoms with Crippen molar-refractivity contribution in [3.05, 3.63) is 77.6 Å². The van der Waals surface area contributed by atoms with Crippen LogP contribution in [-0.2, 0) is 0 Å². The Balaban J connectivity index is 0.00000133. The minimum atomic E-state index is -0.505. The van der Waals surface area contributed by atoms with E-state index in [0.717, 1.165) is 11.3 Å². The zero-order chi connectivity index (χ0) is 12.4. The van der Waals surface area contributed by atoms with E-state index >= 15 is 0 Å². The molecular formula is C15H11ClFOTe. The minimum absolute atomic E-state index is 0. The molecule has 2 aromatic rings. The third-order valence-electron chi connectivity index (χ3n) is 2.71. The second-order valence-corrected chi connectivity index (χ2v) is 6.25. The molecule has 0 aromatic heterocycles. The third kappa shape index (κ3) is 3.25. The van der Waals surface area contributed by atoms with Gasteiger partial charge in [-0.3, -0.25) is 0 Å². The van der Waals surface area contributed by atoms with Gasteiger partial charge in [-0.15, -0.1) is 0 Å². The number of allylic oxidation sites excluding steroid dienone is 1. The van der Waals surface area contributed by atoms with Gasteiger partial charge in [0.1, 0.15) is 0 Å². The van der Waals surface area contributed by atoms with E-state index in [2.05, 4.69) is 21.3 Å². The van der Waals surface area contributed by atoms with Crippen molar-refractivity contribution in [2.75, 3.05) is 0 Å². The number of aliphatic hydroxyl groups is 1. The first-order chi connectivity index (χ1) is 8.83. The third-order valence-corrected chi connectivity index (χ3v) is 5.10. The Hall–Kier alpha value is -1.14. The van der Waals surface area contributed by atoms with E-state index in [1.165, 1.54) is 21.2 Å². The summed E-state index contributed by atoms with van der Waals surface area (Å²) in [5, 5.41) is 0. The molecule has 2 aromatic carbocycles. The summed E-state index contributed by atoms with van der Waals surface area (Å²) >= 11 is -0.505. The average Bonchev–Trinajstić information content (AvgIpc) is 2.90. The fraction of sp³-hybridized carbons (Fsp3) is 0. The minimum Gasteiger partial charge on any atom is -1.00 e. The Morgan fingerprint density at radius 2 is 1.53 bits per heavy atom. The van der Waals surface area contributed by atoms with Crippen molar-refractivity contribution < 1.29 is 19.9 Å². The van der Waals surface area contributed by atoms with Crippen molar-refractivity contribution in [3.63, 3.8) is 0 Å². The maximum Gasteiger partial charge on any atom is -1.00 e. The molecule has 0 spiro atoms. The van der Waals surface area contributed by atoms with Gasteiger partial charge in [0.2, 0.25) is 0 Å². The zero-order valence-corrected chi connectivity index (χ0v) is 13.0. The van der Waals surface area contributed by atoms with Crippen LogP contribution in [0.5, 0.6) is 0 Å². The van der Waals surface area contributed by atoms with Gasteiger partial charge >= 0.3 is 115 Å². The summed E-state index contributed by atoms with van der Waals surface area (Å²) in [5.41, 5.74) is 2.24. The van der Waals surface area contributed by atoms with Gasteiger partial charge in [-0.2, -0.15) is 0 Å². The van der Waals surface area contributed by atoms with Crippen molar-refractivity contribution >= 4 is 30.2 Å². The summed E-state index contributed by atoms with van der Waals surface area (Å²) in [6, 6.07) is 16.8. The molecule has 1 heterocycles. The van der Waals surface area contributed by atoms with Gasteiger partial charge in [-0.1, -0.05) is 0 Å². The van der Waals surface area contributed by atoms with Crippen LogP contribution in [0, 0.1) is 5.82 Å². The molecule has 1 nitrogen and oxygen atoms in total. The van der Waals surface area contributed by atoms with Crippen molar-refractivity contribution in [1.29, 1.82) is 0 Å². The predicted octanol–water partition coefficient (Wildman–Crippen LogP) is -0.448. The zero-order valence-electron chi connectivity index (χ0n) is 9.88. The number of hydrogen-bond acceptors (Lipinski definition) is 0. The van der Waals surface area contributed by atoms with Gasteiger partial charge in [-0.05, 0) is 0 Å². The molecule has 4 heteroatoms. The molecule has 1 N–H and O–H groups in total. The van der Waals surface area contributed by atoms with E-state index in [1.807, 2.05) is 18.2 Å². The molecule has 1 aliphatic rings. The van der Waals surface area contributed by atoms with Crippen LogP contribution in [0.2, 0.25) is 0 Å². The number of rotatable bonds is 2. The van der Waals surface area contributed by atoms with Gasteiger partial charge in [-0.25, -0.2) is 0 Å². The second-order valence-electron chi connectivity index (χ2n) is 3.95. The van der Waals surface area contributed by atoms with E-state index in [4.69, 9.17) is 0 Å². The van der Waals surface area contributed by atoms with E-state index in [0.29, 0.717) is 0 Å². The quantitative estimate of drug-likeness (QED) is 0.488. The van der Waals surface area contributed by atoms with Gasteiger partial charge < -0.3 is 12.4 Å². The number of halogens is 2. The molecule has 0 atom stereocenters. The normalized spacial score (nSPS) is 13.1. The first-order valence-corrected chi connectivity index (χ1v) is 7.82. The molecule has 0 saturated heterocycles. The fourth-order valence-electron chi connectivity index (χ4n) is 1.77. The molecule has 97 valence electrons. The summed E-state index contributed by atoms with van der Waals surface area (Å²) < 4.78 is 18.8. The summed E-state index contributed by atoms with van der Waals surface area (Å²) in [4.78, 5) is 0. The maximum absolute atomic E-state index is 12.9. The summed E-state index contributed by atoms with van der Waals surface area (Å²) in [5.74, 6) is 0.775. The molecule has 3 rings (SSSR count). The molecule has 0 saturated carbocycles. The average molecular weight is 389 g/mol. The molecular weight excluding hydrogens is 378 g/mol. The van der Waals surface area contributed by atoms with Crippen LogP contribution < -0.4 is 12.4 Å². The standard InChI is InChI=1S/C15H11FOTe.ClH/c16-13-8-6-11(7-9-13)14-10-15(18-17-14)12-4-2-1-3-5-12;/h1-10,17H;1H/q+1;/p-1. The maximum atomic E-state index is 12.9. The van der Waals surface area contributed by atoms with E-state index in [-0.39, 0.29) is 18.2 Å². The van der Waals surface area contributed by atoms with Gasteiger partial charge in [0.15, 0.2) is 0 Å². The van der Waals surface area contributed by atoms with Crippen LogP contribution in [0.25, 0.3) is 5.76 Å². The summed E-state index contributed by atoms with van der Waals surface area (Å²) in [6.07, 6.45) is 2.13. The van der Waals surface area contributed by atoms with Crippen LogP contribution in [0.4, 0.5) is 4.39 Å². The molecule has 0 fully saturated rings. The van der Waals surface area contributed by atoms with Crippen molar-refractivity contribution in [3.8, 4) is 0 Å². The van der Waals surface area contributed by atoms with E-state index in [9.17, 15) is 4.39 Å². The molecule has 19 heavy (non-hydrogen) atoms. The van der Waals surface area contributed by atoms with Crippen molar-refractivity contribution in [2.24, 2.45) is 0 Å². The topological polar surface area (TPSA) is 12.8 Å². The fourth-order valence-corrected chi connectivity index (χ4v) is 3.94. The Labute approximate surface area is 127 Å². The SMILES string of the molecule is Fc1ccc(C2=CC(c3ccccc3)=[Te][OH+]2)cc1.[Cl-]. The summed E-state index contributed by atoms with van der Waals surface area (Å²) in [6.45, 7) is 0. The number of hydrogen-bond donors (Lipinski definition) is 0. The first kappa shape index (κ1) is 14.3. The molecule has 1 radical (unpaired) electrons. The Bertz CT molecular complexity index is 620. The monoisotopic (exact) mass is 391 g/mol. The van der Waals surface area contributed by atoms with Crippen molar-refractivity contribution in [1.82, 2.24) is 0 Å². The largest absolute Gasteiger partial charge is 1.00 e. The van der Waals surface area contributed by atoms with Gasteiger partial charge in [0, 0.05) is 0 Å². The molecule has 0 unspecified atom stereocenters. The Morgan fingerprint density at radius 3 is 2.21 bits per heavy atom. The van der Waals surface area contributed by atoms with Crippen LogP contribution in [-0.4, -0.2) is 27.5 Å². The van der Waals surface area contributed by atoms with Crippen LogP contribution in [0.3, 0.4) is 0 Å². The summed E-state index contributed by atoms with van der Waals surface area (Å²) in [7, 11) is 0. The molecule has 0 bridgehead atoms. The molecule has 1 aliphatic heterocycles. The Kier molecular flexibility index (Phi) is 4.76. The van der Waals surface area contributed by atoms with E-state index in [1.54, 1.807) is 12.1 Å². The van der Waals surface area contributed by atoms with Crippen molar-refractivity contribution in [2.45, 2.75) is 0 Å². The molecule has 0 amide bonds. The van der Waals surface area contributed by atoms with Crippen LogP contribution >= 0.6 is 0 Å². The predicted molar refractivity (Wildman–Crippen MR) is 72.9 cm³/mol. The van der Waals surface area contributed by atoms with Crippen LogP contribution in [0.15, 0.2) is 60.7 Å². The number of benzene rings is 2. The van der Waals surface area contributed by atoms with Gasteiger partial charge in [0.05, 0.1) is 0 Å². The first-order valence-electron chi connectivity index (χ1n) is 5.61. The van der Waals surface area contributed by atoms with Gasteiger partial charge in [0.25, 0.3) is 0 Å². The Morgan fingerprint density at radius 1 is 0.842 bits per heavy atom. The van der Waals surface area contributed by atoms with E-state index < -0.39 is 20.9 Å².